The first-order valence-corrected chi connectivity index (χ1v) is 6.35. The fourth-order valence-corrected chi connectivity index (χ4v) is 1.83. The molecule has 0 aliphatic heterocycles. The molecular formula is C15H14N2O5. The number of hydrogen-bond acceptors (Lipinski definition) is 6. The molecule has 7 nitrogen and oxygen atoms in total. The molecule has 0 heterocycles. The number of nitro benzene ring substituents is 1. The van der Waals surface area contributed by atoms with Crippen LogP contribution in [0.15, 0.2) is 47.6 Å². The highest BCUT2D eigenvalue weighted by Crippen LogP contribution is 2.28. The van der Waals surface area contributed by atoms with Crippen molar-refractivity contribution in [3.63, 3.8) is 0 Å². The molecule has 2 rings (SSSR count). The quantitative estimate of drug-likeness (QED) is 0.383. The predicted octanol–water partition coefficient (Wildman–Crippen LogP) is 2.99. The molecule has 2 aromatic rings. The fourth-order valence-electron chi connectivity index (χ4n) is 1.83. The second kappa shape index (κ2) is 7.07. The number of non-ortho nitro benzene ring substituents is 1. The highest BCUT2D eigenvalue weighted by Gasteiger charge is 2.07. The highest BCUT2D eigenvalue weighted by molar-refractivity contribution is 5.80. The van der Waals surface area contributed by atoms with Gasteiger partial charge in [0.05, 0.1) is 18.2 Å². The van der Waals surface area contributed by atoms with Crippen molar-refractivity contribution in [3.8, 4) is 11.5 Å². The number of rotatable bonds is 6. The van der Waals surface area contributed by atoms with Gasteiger partial charge < -0.3 is 14.7 Å². The lowest BCUT2D eigenvalue weighted by Gasteiger charge is -2.11. The second-order valence-corrected chi connectivity index (χ2v) is 4.37. The van der Waals surface area contributed by atoms with Gasteiger partial charge in [-0.05, 0) is 35.9 Å². The van der Waals surface area contributed by atoms with Gasteiger partial charge in [-0.15, -0.1) is 0 Å². The van der Waals surface area contributed by atoms with Gasteiger partial charge in [-0.25, -0.2) is 0 Å². The highest BCUT2D eigenvalue weighted by atomic mass is 16.6. The number of oxime groups is 1. The van der Waals surface area contributed by atoms with E-state index in [-0.39, 0.29) is 12.3 Å². The number of nitro groups is 1. The zero-order valence-electron chi connectivity index (χ0n) is 11.8. The van der Waals surface area contributed by atoms with Gasteiger partial charge >= 0.3 is 0 Å². The van der Waals surface area contributed by atoms with Gasteiger partial charge in [-0.1, -0.05) is 5.16 Å². The van der Waals surface area contributed by atoms with Crippen molar-refractivity contribution in [2.45, 2.75) is 6.61 Å². The molecule has 0 aliphatic rings. The average Bonchev–Trinajstić information content (AvgIpc) is 2.54. The number of methoxy groups -OCH3 is 1. The van der Waals surface area contributed by atoms with Crippen molar-refractivity contribution >= 4 is 11.9 Å². The first-order chi connectivity index (χ1) is 10.6. The zero-order chi connectivity index (χ0) is 15.9. The van der Waals surface area contributed by atoms with Crippen LogP contribution in [0.1, 0.15) is 11.1 Å². The molecule has 0 atom stereocenters. The van der Waals surface area contributed by atoms with E-state index in [9.17, 15) is 10.1 Å². The van der Waals surface area contributed by atoms with E-state index in [4.69, 9.17) is 14.7 Å². The molecule has 0 saturated heterocycles. The van der Waals surface area contributed by atoms with E-state index in [0.717, 1.165) is 5.56 Å². The number of hydrogen-bond donors (Lipinski definition) is 1. The molecule has 0 amide bonds. The molecule has 0 saturated carbocycles. The summed E-state index contributed by atoms with van der Waals surface area (Å²) in [6.07, 6.45) is 1.28. The topological polar surface area (TPSA) is 94.2 Å². The minimum atomic E-state index is -0.453. The van der Waals surface area contributed by atoms with Crippen molar-refractivity contribution < 1.29 is 19.6 Å². The van der Waals surface area contributed by atoms with Crippen LogP contribution >= 0.6 is 0 Å². The minimum Gasteiger partial charge on any atom is -0.493 e. The summed E-state index contributed by atoms with van der Waals surface area (Å²) in [5, 5.41) is 22.1. The Balaban J connectivity index is 2.12. The summed E-state index contributed by atoms with van der Waals surface area (Å²) in [6, 6.07) is 11.2. The van der Waals surface area contributed by atoms with Crippen molar-refractivity contribution in [3.05, 3.63) is 63.7 Å². The lowest BCUT2D eigenvalue weighted by atomic mass is 10.2. The van der Waals surface area contributed by atoms with Crippen molar-refractivity contribution in [1.82, 2.24) is 0 Å². The standard InChI is InChI=1S/C15H14N2O5/c1-21-14-7-4-12(9-16-18)8-15(14)22-10-11-2-5-13(6-3-11)17(19)20/h2-9,18H,10H2,1H3. The Morgan fingerprint density at radius 3 is 2.55 bits per heavy atom. The van der Waals surface area contributed by atoms with E-state index < -0.39 is 4.92 Å². The normalized spacial score (nSPS) is 10.6. The van der Waals surface area contributed by atoms with Gasteiger partial charge in [0.15, 0.2) is 11.5 Å². The third-order valence-corrected chi connectivity index (χ3v) is 2.94. The van der Waals surface area contributed by atoms with Gasteiger partial charge in [-0.3, -0.25) is 10.1 Å². The van der Waals surface area contributed by atoms with Crippen molar-refractivity contribution in [2.75, 3.05) is 7.11 Å². The van der Waals surface area contributed by atoms with E-state index in [1.54, 1.807) is 30.3 Å². The molecule has 0 aliphatic carbocycles. The maximum atomic E-state index is 10.6. The Hall–Kier alpha value is -3.09. The van der Waals surface area contributed by atoms with Crippen LogP contribution < -0.4 is 9.47 Å². The van der Waals surface area contributed by atoms with Crippen LogP contribution in [0.4, 0.5) is 5.69 Å². The number of ether oxygens (including phenoxy) is 2. The molecule has 0 bridgehead atoms. The maximum Gasteiger partial charge on any atom is 0.269 e. The number of nitrogens with zero attached hydrogens (tertiary/aromatic N) is 2. The SMILES string of the molecule is COc1ccc(C=NO)cc1OCc1ccc([N+](=O)[O-])cc1. The molecule has 0 aromatic heterocycles. The molecule has 1 N–H and O–H groups in total. The summed E-state index contributed by atoms with van der Waals surface area (Å²) in [6.45, 7) is 0.230. The van der Waals surface area contributed by atoms with Gasteiger partial charge in [0, 0.05) is 17.7 Å². The van der Waals surface area contributed by atoms with E-state index in [1.165, 1.54) is 25.5 Å². The summed E-state index contributed by atoms with van der Waals surface area (Å²) in [7, 11) is 1.52. The predicted molar refractivity (Wildman–Crippen MR) is 79.8 cm³/mol. The molecular weight excluding hydrogens is 288 g/mol. The minimum absolute atomic E-state index is 0.0301. The largest absolute Gasteiger partial charge is 0.493 e. The lowest BCUT2D eigenvalue weighted by Crippen LogP contribution is -1.99. The van der Waals surface area contributed by atoms with Crippen LogP contribution in [0.3, 0.4) is 0 Å². The Bertz CT molecular complexity index is 683. The lowest BCUT2D eigenvalue weighted by molar-refractivity contribution is -0.384. The first kappa shape index (κ1) is 15.3. The van der Waals surface area contributed by atoms with Crippen LogP contribution in [-0.4, -0.2) is 23.5 Å². The van der Waals surface area contributed by atoms with Gasteiger partial charge in [0.2, 0.25) is 0 Å². The maximum absolute atomic E-state index is 10.6. The Morgan fingerprint density at radius 1 is 1.23 bits per heavy atom. The molecule has 0 spiro atoms. The molecule has 0 unspecified atom stereocenters. The molecule has 7 heteroatoms. The van der Waals surface area contributed by atoms with Crippen LogP contribution in [0.25, 0.3) is 0 Å². The molecule has 0 radical (unpaired) electrons. The van der Waals surface area contributed by atoms with Crippen molar-refractivity contribution in [1.29, 1.82) is 0 Å². The number of benzene rings is 2. The third kappa shape index (κ3) is 3.72. The van der Waals surface area contributed by atoms with Crippen molar-refractivity contribution in [2.24, 2.45) is 5.16 Å². The Morgan fingerprint density at radius 2 is 1.95 bits per heavy atom. The van der Waals surface area contributed by atoms with E-state index >= 15 is 0 Å². The zero-order valence-corrected chi connectivity index (χ0v) is 11.8. The first-order valence-electron chi connectivity index (χ1n) is 6.35. The van der Waals surface area contributed by atoms with Crippen LogP contribution in [0.5, 0.6) is 11.5 Å². The Kier molecular flexibility index (Phi) is 4.92. The van der Waals surface area contributed by atoms with E-state index in [2.05, 4.69) is 5.16 Å². The Labute approximate surface area is 126 Å². The smallest absolute Gasteiger partial charge is 0.269 e. The van der Waals surface area contributed by atoms with Crippen LogP contribution in [0.2, 0.25) is 0 Å². The fraction of sp³-hybridized carbons (Fsp3) is 0.133. The second-order valence-electron chi connectivity index (χ2n) is 4.37. The molecule has 2 aromatic carbocycles. The summed E-state index contributed by atoms with van der Waals surface area (Å²) >= 11 is 0. The van der Waals surface area contributed by atoms with Gasteiger partial charge in [0.25, 0.3) is 5.69 Å². The summed E-state index contributed by atoms with van der Waals surface area (Å²) in [5.74, 6) is 1.02. The average molecular weight is 302 g/mol. The van der Waals surface area contributed by atoms with Crippen LogP contribution in [0, 0.1) is 10.1 Å². The summed E-state index contributed by atoms with van der Waals surface area (Å²) in [4.78, 5) is 10.1. The monoisotopic (exact) mass is 302 g/mol. The molecule has 0 fully saturated rings. The third-order valence-electron chi connectivity index (χ3n) is 2.94. The summed E-state index contributed by atoms with van der Waals surface area (Å²) in [5.41, 5.74) is 1.47. The molecule has 114 valence electrons. The van der Waals surface area contributed by atoms with E-state index in [0.29, 0.717) is 17.1 Å². The van der Waals surface area contributed by atoms with Crippen LogP contribution in [-0.2, 0) is 6.61 Å². The van der Waals surface area contributed by atoms with Gasteiger partial charge in [-0.2, -0.15) is 0 Å². The molecule has 22 heavy (non-hydrogen) atoms. The van der Waals surface area contributed by atoms with Gasteiger partial charge in [0.1, 0.15) is 6.61 Å². The summed E-state index contributed by atoms with van der Waals surface area (Å²) < 4.78 is 10.9. The van der Waals surface area contributed by atoms with E-state index in [1.807, 2.05) is 0 Å².